The first-order chi connectivity index (χ1) is 6.19. The minimum atomic E-state index is -4.75. The zero-order valence-corrected chi connectivity index (χ0v) is 11.8. The van der Waals surface area contributed by atoms with Crippen LogP contribution < -0.4 is 0 Å². The van der Waals surface area contributed by atoms with E-state index < -0.39 is 12.9 Å². The zero-order chi connectivity index (χ0) is 11.8. The van der Waals surface area contributed by atoms with Gasteiger partial charge in [0.1, 0.15) is 0 Å². The SMILES string of the molecule is CN(C)CCN(C)C.F[CH-]C(F)(F)F.[CH3-].[Pd]. The first-order valence-corrected chi connectivity index (χ1v) is 4.00. The van der Waals surface area contributed by atoms with Crippen LogP contribution in [0.5, 0.6) is 0 Å². The Labute approximate surface area is 110 Å². The van der Waals surface area contributed by atoms with Crippen molar-refractivity contribution in [3.8, 4) is 0 Å². The molecule has 0 rings (SSSR count). The average molecular weight is 339 g/mol. The van der Waals surface area contributed by atoms with Crippen molar-refractivity contribution in [2.75, 3.05) is 41.3 Å². The second-order valence-corrected chi connectivity index (χ2v) is 3.26. The zero-order valence-electron chi connectivity index (χ0n) is 10.2. The number of hydrogen-bond acceptors (Lipinski definition) is 2. The molecule has 0 aliphatic rings. The van der Waals surface area contributed by atoms with Crippen molar-refractivity contribution in [3.63, 3.8) is 0 Å². The van der Waals surface area contributed by atoms with Crippen LogP contribution in [0.2, 0.25) is 0 Å². The number of rotatable bonds is 3. The normalized spacial score (nSPS) is 10.1. The monoisotopic (exact) mass is 338 g/mol. The Kier molecular flexibility index (Phi) is 21.1. The van der Waals surface area contributed by atoms with Crippen molar-refractivity contribution in [1.82, 2.24) is 9.80 Å². The molecule has 0 N–H and O–H groups in total. The maximum Gasteiger partial charge on any atom is 0.296 e. The van der Waals surface area contributed by atoms with Gasteiger partial charge in [0.25, 0.3) is 6.18 Å². The molecule has 0 aromatic rings. The van der Waals surface area contributed by atoms with Gasteiger partial charge in [-0.05, 0) is 28.2 Å². The van der Waals surface area contributed by atoms with Crippen LogP contribution in [0.1, 0.15) is 0 Å². The molecule has 0 aromatic carbocycles. The summed E-state index contributed by atoms with van der Waals surface area (Å²) < 4.78 is 41.3. The molecular formula is C9H20F4N2Pd-2. The summed E-state index contributed by atoms with van der Waals surface area (Å²) in [7, 11) is 8.35. The number of nitrogens with zero attached hydrogens (tertiary/aromatic N) is 2. The molecule has 106 valence electrons. The number of halogens is 4. The van der Waals surface area contributed by atoms with Gasteiger partial charge in [-0.3, -0.25) is 0 Å². The van der Waals surface area contributed by atoms with Gasteiger partial charge in [0.05, 0.1) is 0 Å². The molecule has 0 saturated heterocycles. The number of alkyl halides is 3. The topological polar surface area (TPSA) is 6.48 Å². The summed E-state index contributed by atoms with van der Waals surface area (Å²) in [5.74, 6) is 0. The summed E-state index contributed by atoms with van der Waals surface area (Å²) in [5.41, 5.74) is 0. The molecule has 0 fully saturated rings. The molecule has 0 amide bonds. The molecule has 0 aliphatic heterocycles. The summed E-state index contributed by atoms with van der Waals surface area (Å²) in [6.45, 7) is 0.979. The molecule has 16 heavy (non-hydrogen) atoms. The quantitative estimate of drug-likeness (QED) is 0.442. The van der Waals surface area contributed by atoms with Crippen LogP contribution in [-0.2, 0) is 20.4 Å². The molecule has 0 unspecified atom stereocenters. The molecule has 0 atom stereocenters. The van der Waals surface area contributed by atoms with Gasteiger partial charge < -0.3 is 21.6 Å². The van der Waals surface area contributed by atoms with Gasteiger partial charge in [-0.15, -0.1) is 0 Å². The fourth-order valence-corrected chi connectivity index (χ4v) is 0.400. The van der Waals surface area contributed by atoms with Crippen LogP contribution in [0.4, 0.5) is 17.6 Å². The fourth-order valence-electron chi connectivity index (χ4n) is 0.400. The Bertz CT molecular complexity index is 121. The second kappa shape index (κ2) is 13.4. The van der Waals surface area contributed by atoms with E-state index in [0.717, 1.165) is 13.1 Å². The third-order valence-corrected chi connectivity index (χ3v) is 1.12. The summed E-state index contributed by atoms with van der Waals surface area (Å²) in [6.07, 6.45) is -4.75. The standard InChI is InChI=1S/C6H16N2.C2HF4.CH3.Pd/c1-7(2)5-6-8(3)4;3-1-2(4,5)6;;/h5-6H2,1-4H3;1H;1H3;/q;2*-1;. The maximum absolute atomic E-state index is 10.4. The Hall–Kier alpha value is 0.302. The predicted molar refractivity (Wildman–Crippen MR) is 55.0 cm³/mol. The van der Waals surface area contributed by atoms with Gasteiger partial charge in [-0.2, -0.15) is 0 Å². The van der Waals surface area contributed by atoms with E-state index in [1.54, 1.807) is 0 Å². The average Bonchev–Trinajstić information content (AvgIpc) is 2.01. The van der Waals surface area contributed by atoms with Crippen molar-refractivity contribution in [2.24, 2.45) is 0 Å². The van der Waals surface area contributed by atoms with Crippen molar-refractivity contribution in [3.05, 3.63) is 14.1 Å². The number of likely N-dealkylation sites (N-methyl/N-ethyl adjacent to an activating group) is 2. The van der Waals surface area contributed by atoms with E-state index in [9.17, 15) is 17.6 Å². The van der Waals surface area contributed by atoms with Crippen LogP contribution in [0.15, 0.2) is 0 Å². The van der Waals surface area contributed by atoms with Crippen molar-refractivity contribution < 1.29 is 38.0 Å². The first-order valence-electron chi connectivity index (χ1n) is 4.00. The van der Waals surface area contributed by atoms with E-state index in [-0.39, 0.29) is 27.8 Å². The van der Waals surface area contributed by atoms with E-state index in [2.05, 4.69) is 38.0 Å². The Morgan fingerprint density at radius 2 is 1.12 bits per heavy atom. The summed E-state index contributed by atoms with van der Waals surface area (Å²) in [4.78, 5) is 4.36. The van der Waals surface area contributed by atoms with E-state index in [1.807, 2.05) is 0 Å². The van der Waals surface area contributed by atoms with Gasteiger partial charge in [0.2, 0.25) is 0 Å². The molecule has 0 spiro atoms. The molecule has 0 heterocycles. The third-order valence-electron chi connectivity index (χ3n) is 1.12. The molecule has 7 heteroatoms. The Balaban J connectivity index is -0.0000000825. The minimum Gasteiger partial charge on any atom is -0.451 e. The van der Waals surface area contributed by atoms with Gasteiger partial charge in [0, 0.05) is 33.5 Å². The fraction of sp³-hybridized carbons (Fsp3) is 0.778. The summed E-state index contributed by atoms with van der Waals surface area (Å²) >= 11 is 0. The number of hydrogen-bond donors (Lipinski definition) is 0. The van der Waals surface area contributed by atoms with Crippen LogP contribution >= 0.6 is 0 Å². The van der Waals surface area contributed by atoms with Crippen molar-refractivity contribution >= 4 is 0 Å². The van der Waals surface area contributed by atoms with Crippen LogP contribution in [0, 0.1) is 14.1 Å². The van der Waals surface area contributed by atoms with Crippen molar-refractivity contribution in [1.29, 1.82) is 0 Å². The summed E-state index contributed by atoms with van der Waals surface area (Å²) in [6, 6.07) is 0. The van der Waals surface area contributed by atoms with Crippen molar-refractivity contribution in [2.45, 2.75) is 6.18 Å². The van der Waals surface area contributed by atoms with Crippen LogP contribution in [-0.4, -0.2) is 57.3 Å². The Morgan fingerprint density at radius 1 is 0.938 bits per heavy atom. The summed E-state index contributed by atoms with van der Waals surface area (Å²) in [5, 5.41) is 0. The van der Waals surface area contributed by atoms with Gasteiger partial charge in [-0.1, -0.05) is 6.67 Å². The third kappa shape index (κ3) is 36.7. The molecule has 0 radical (unpaired) electrons. The molecule has 0 aromatic heterocycles. The van der Waals surface area contributed by atoms with Crippen LogP contribution in [0.25, 0.3) is 0 Å². The minimum absolute atomic E-state index is 0. The Morgan fingerprint density at radius 3 is 1.19 bits per heavy atom. The molecule has 0 aliphatic carbocycles. The largest absolute Gasteiger partial charge is 0.451 e. The second-order valence-electron chi connectivity index (χ2n) is 3.26. The van der Waals surface area contributed by atoms with Gasteiger partial charge in [-0.25, -0.2) is 13.2 Å². The van der Waals surface area contributed by atoms with E-state index >= 15 is 0 Å². The van der Waals surface area contributed by atoms with E-state index in [4.69, 9.17) is 0 Å². The maximum atomic E-state index is 10.4. The smallest absolute Gasteiger partial charge is 0.296 e. The molecule has 0 bridgehead atoms. The van der Waals surface area contributed by atoms with Gasteiger partial charge in [0.15, 0.2) is 0 Å². The first kappa shape index (κ1) is 25.2. The van der Waals surface area contributed by atoms with E-state index in [0.29, 0.717) is 0 Å². The molecule has 0 saturated carbocycles. The van der Waals surface area contributed by atoms with Gasteiger partial charge >= 0.3 is 0 Å². The molecule has 2 nitrogen and oxygen atoms in total. The molecular weight excluding hydrogens is 319 g/mol. The predicted octanol–water partition coefficient (Wildman–Crippen LogP) is 2.24. The van der Waals surface area contributed by atoms with E-state index in [1.165, 1.54) is 0 Å². The van der Waals surface area contributed by atoms with Crippen LogP contribution in [0.3, 0.4) is 0 Å².